The maximum absolute atomic E-state index is 8.81. The summed E-state index contributed by atoms with van der Waals surface area (Å²) < 4.78 is 0. The minimum absolute atomic E-state index is 0.491. The summed E-state index contributed by atoms with van der Waals surface area (Å²) in [5.41, 5.74) is 2.90. The number of para-hydroxylation sites is 1. The molecule has 0 spiro atoms. The van der Waals surface area contributed by atoms with Gasteiger partial charge in [-0.3, -0.25) is 0 Å². The summed E-state index contributed by atoms with van der Waals surface area (Å²) in [6.45, 7) is 1.43. The van der Waals surface area contributed by atoms with E-state index in [2.05, 4.69) is 17.0 Å². The average Bonchev–Trinajstić information content (AvgIpc) is 2.53. The largest absolute Gasteiger partial charge is 0.366 e. The fraction of sp³-hybridized carbons (Fsp3) is 0.176. The molecule has 0 aliphatic rings. The Balaban J connectivity index is 2.15. The van der Waals surface area contributed by atoms with Crippen LogP contribution in [0.15, 0.2) is 54.6 Å². The summed E-state index contributed by atoms with van der Waals surface area (Å²) in [6, 6.07) is 21.9. The van der Waals surface area contributed by atoms with Crippen LogP contribution in [0.4, 0.5) is 5.69 Å². The molecule has 0 aromatic heterocycles. The van der Waals surface area contributed by atoms with Crippen molar-refractivity contribution in [1.29, 1.82) is 10.5 Å². The summed E-state index contributed by atoms with van der Waals surface area (Å²) in [4.78, 5) is 2.17. The lowest BCUT2D eigenvalue weighted by atomic mass is 10.1. The van der Waals surface area contributed by atoms with Gasteiger partial charge < -0.3 is 4.90 Å². The summed E-state index contributed by atoms with van der Waals surface area (Å²) in [5, 5.41) is 17.6. The number of benzene rings is 2. The van der Waals surface area contributed by atoms with Crippen LogP contribution in [0.3, 0.4) is 0 Å². The second-order valence-electron chi connectivity index (χ2n) is 4.47. The summed E-state index contributed by atoms with van der Waals surface area (Å²) >= 11 is 0. The number of hydrogen-bond donors (Lipinski definition) is 0. The molecule has 0 saturated heterocycles. The van der Waals surface area contributed by atoms with Crippen LogP contribution in [0.5, 0.6) is 0 Å². The molecule has 3 heteroatoms. The topological polar surface area (TPSA) is 50.8 Å². The Morgan fingerprint density at radius 1 is 0.900 bits per heavy atom. The monoisotopic (exact) mass is 261 g/mol. The molecular formula is C17H15N3. The van der Waals surface area contributed by atoms with E-state index < -0.39 is 0 Å². The maximum Gasteiger partial charge on any atom is 0.0991 e. The second kappa shape index (κ2) is 6.97. The number of anilines is 1. The fourth-order valence-electron chi connectivity index (χ4n) is 2.03. The number of hydrogen-bond acceptors (Lipinski definition) is 3. The summed E-state index contributed by atoms with van der Waals surface area (Å²) in [7, 11) is 0. The van der Waals surface area contributed by atoms with Gasteiger partial charge in [-0.1, -0.05) is 30.3 Å². The van der Waals surface area contributed by atoms with Crippen LogP contribution in [-0.4, -0.2) is 6.54 Å². The van der Waals surface area contributed by atoms with E-state index in [0.717, 1.165) is 17.8 Å². The molecule has 0 atom stereocenters. The molecule has 0 aliphatic carbocycles. The Kier molecular flexibility index (Phi) is 4.76. The van der Waals surface area contributed by atoms with Gasteiger partial charge in [0.2, 0.25) is 0 Å². The zero-order valence-electron chi connectivity index (χ0n) is 11.2. The first-order valence-electron chi connectivity index (χ1n) is 6.49. The fourth-order valence-corrected chi connectivity index (χ4v) is 2.03. The highest BCUT2D eigenvalue weighted by Gasteiger charge is 2.06. The molecule has 20 heavy (non-hydrogen) atoms. The van der Waals surface area contributed by atoms with Gasteiger partial charge >= 0.3 is 0 Å². The minimum atomic E-state index is 0.491. The molecule has 2 rings (SSSR count). The summed E-state index contributed by atoms with van der Waals surface area (Å²) in [6.07, 6.45) is 0.491. The van der Waals surface area contributed by atoms with E-state index in [0.29, 0.717) is 18.5 Å². The molecule has 0 amide bonds. The van der Waals surface area contributed by atoms with Gasteiger partial charge in [0.1, 0.15) is 0 Å². The van der Waals surface area contributed by atoms with Gasteiger partial charge in [0.25, 0.3) is 0 Å². The highest BCUT2D eigenvalue weighted by Crippen LogP contribution is 2.17. The zero-order chi connectivity index (χ0) is 14.2. The van der Waals surface area contributed by atoms with Crippen LogP contribution in [0.2, 0.25) is 0 Å². The predicted molar refractivity (Wildman–Crippen MR) is 78.9 cm³/mol. The van der Waals surface area contributed by atoms with E-state index in [9.17, 15) is 0 Å². The van der Waals surface area contributed by atoms with Gasteiger partial charge in [-0.2, -0.15) is 10.5 Å². The third kappa shape index (κ3) is 3.60. The predicted octanol–water partition coefficient (Wildman–Crippen LogP) is 3.48. The van der Waals surface area contributed by atoms with Gasteiger partial charge in [-0.25, -0.2) is 0 Å². The lowest BCUT2D eigenvalue weighted by molar-refractivity contribution is 0.798. The van der Waals surface area contributed by atoms with Gasteiger partial charge in [-0.15, -0.1) is 0 Å². The van der Waals surface area contributed by atoms with Crippen molar-refractivity contribution in [3.8, 4) is 12.1 Å². The first kappa shape index (κ1) is 13.6. The molecular weight excluding hydrogens is 246 g/mol. The quantitative estimate of drug-likeness (QED) is 0.828. The van der Waals surface area contributed by atoms with E-state index in [1.54, 1.807) is 0 Å². The van der Waals surface area contributed by atoms with Crippen molar-refractivity contribution in [2.24, 2.45) is 0 Å². The van der Waals surface area contributed by atoms with Crippen molar-refractivity contribution in [2.75, 3.05) is 11.4 Å². The molecule has 0 aliphatic heterocycles. The number of rotatable bonds is 5. The summed E-state index contributed by atoms with van der Waals surface area (Å²) in [5.74, 6) is 0. The van der Waals surface area contributed by atoms with E-state index >= 15 is 0 Å². The van der Waals surface area contributed by atoms with E-state index in [1.165, 1.54) is 0 Å². The molecule has 98 valence electrons. The van der Waals surface area contributed by atoms with Crippen molar-refractivity contribution in [3.05, 3.63) is 65.7 Å². The molecule has 0 unspecified atom stereocenters. The van der Waals surface area contributed by atoms with Crippen molar-refractivity contribution in [3.63, 3.8) is 0 Å². The van der Waals surface area contributed by atoms with E-state index in [1.807, 2.05) is 54.6 Å². The third-order valence-electron chi connectivity index (χ3n) is 3.07. The molecule has 0 bridgehead atoms. The maximum atomic E-state index is 8.81. The third-order valence-corrected chi connectivity index (χ3v) is 3.07. The Morgan fingerprint density at radius 2 is 1.60 bits per heavy atom. The van der Waals surface area contributed by atoms with Crippen LogP contribution in [0, 0.1) is 22.7 Å². The van der Waals surface area contributed by atoms with Crippen LogP contribution >= 0.6 is 0 Å². The molecule has 2 aromatic rings. The highest BCUT2D eigenvalue weighted by atomic mass is 15.1. The van der Waals surface area contributed by atoms with E-state index in [4.69, 9.17) is 10.5 Å². The average molecular weight is 261 g/mol. The smallest absolute Gasteiger partial charge is 0.0991 e. The van der Waals surface area contributed by atoms with Crippen LogP contribution < -0.4 is 4.90 Å². The van der Waals surface area contributed by atoms with Gasteiger partial charge in [0.05, 0.1) is 24.1 Å². The lowest BCUT2D eigenvalue weighted by Crippen LogP contribution is -2.23. The second-order valence-corrected chi connectivity index (χ2v) is 4.47. The molecule has 0 radical (unpaired) electrons. The van der Waals surface area contributed by atoms with Gasteiger partial charge in [-0.05, 0) is 29.8 Å². The van der Waals surface area contributed by atoms with Crippen molar-refractivity contribution in [2.45, 2.75) is 13.0 Å². The SMILES string of the molecule is N#CCCN(Cc1ccc(C#N)cc1)c1ccccc1. The van der Waals surface area contributed by atoms with E-state index in [-0.39, 0.29) is 0 Å². The van der Waals surface area contributed by atoms with Crippen molar-refractivity contribution < 1.29 is 0 Å². The number of nitrogens with zero attached hydrogens (tertiary/aromatic N) is 3. The molecule has 0 heterocycles. The van der Waals surface area contributed by atoms with Crippen molar-refractivity contribution in [1.82, 2.24) is 0 Å². The Labute approximate surface area is 119 Å². The molecule has 0 saturated carbocycles. The minimum Gasteiger partial charge on any atom is -0.366 e. The van der Waals surface area contributed by atoms with Crippen LogP contribution in [0.1, 0.15) is 17.5 Å². The number of nitriles is 2. The van der Waals surface area contributed by atoms with Crippen LogP contribution in [-0.2, 0) is 6.54 Å². The Morgan fingerprint density at radius 3 is 2.20 bits per heavy atom. The zero-order valence-corrected chi connectivity index (χ0v) is 11.2. The van der Waals surface area contributed by atoms with Gasteiger partial charge in [0.15, 0.2) is 0 Å². The van der Waals surface area contributed by atoms with Crippen molar-refractivity contribution >= 4 is 5.69 Å². The molecule has 3 nitrogen and oxygen atoms in total. The molecule has 2 aromatic carbocycles. The standard InChI is InChI=1S/C17H15N3/c18-11-4-12-20(17-5-2-1-3-6-17)14-16-9-7-15(13-19)8-10-16/h1-3,5-10H,4,12,14H2. The van der Waals surface area contributed by atoms with Gasteiger partial charge in [0, 0.05) is 18.8 Å². The molecule has 0 fully saturated rings. The Hall–Kier alpha value is -2.78. The lowest BCUT2D eigenvalue weighted by Gasteiger charge is -2.24. The van der Waals surface area contributed by atoms with Crippen LogP contribution in [0.25, 0.3) is 0 Å². The Bertz CT molecular complexity index is 618. The first-order chi connectivity index (χ1) is 9.83. The first-order valence-corrected chi connectivity index (χ1v) is 6.49. The normalized spacial score (nSPS) is 9.50. The highest BCUT2D eigenvalue weighted by molar-refractivity contribution is 5.47. The molecule has 0 N–H and O–H groups in total.